The van der Waals surface area contributed by atoms with Crippen LogP contribution in [0.15, 0.2) is 18.2 Å². The fourth-order valence-electron chi connectivity index (χ4n) is 2.03. The minimum atomic E-state index is -0.461. The number of nitro groups is 1. The van der Waals surface area contributed by atoms with E-state index in [-0.39, 0.29) is 10.8 Å². The van der Waals surface area contributed by atoms with Crippen LogP contribution < -0.4 is 0 Å². The number of hydrogen-bond acceptors (Lipinski definition) is 6. The normalized spacial score (nSPS) is 11.0. The van der Waals surface area contributed by atoms with Crippen molar-refractivity contribution in [3.63, 3.8) is 0 Å². The number of thiazole rings is 1. The van der Waals surface area contributed by atoms with E-state index in [1.165, 1.54) is 23.5 Å². The first-order valence-electron chi connectivity index (χ1n) is 6.02. The van der Waals surface area contributed by atoms with Crippen LogP contribution >= 0.6 is 22.9 Å². The van der Waals surface area contributed by atoms with Gasteiger partial charge in [-0.2, -0.15) is 0 Å². The molecular formula is C13H9ClN4O2S. The molecule has 0 aliphatic heterocycles. The fourth-order valence-corrected chi connectivity index (χ4v) is 3.13. The van der Waals surface area contributed by atoms with Crippen LogP contribution in [0.2, 0.25) is 5.15 Å². The second kappa shape index (κ2) is 5.01. The van der Waals surface area contributed by atoms with Crippen molar-refractivity contribution in [2.75, 3.05) is 0 Å². The van der Waals surface area contributed by atoms with Crippen LogP contribution in [0.1, 0.15) is 10.7 Å². The molecule has 3 aromatic rings. The highest BCUT2D eigenvalue weighted by Gasteiger charge is 2.15. The van der Waals surface area contributed by atoms with E-state index < -0.39 is 4.92 Å². The average Bonchev–Trinajstić information content (AvgIpc) is 2.77. The molecule has 3 rings (SSSR count). The number of halogens is 1. The lowest BCUT2D eigenvalue weighted by molar-refractivity contribution is -0.384. The van der Waals surface area contributed by atoms with E-state index in [1.54, 1.807) is 6.07 Å². The van der Waals surface area contributed by atoms with Crippen molar-refractivity contribution in [3.8, 4) is 10.7 Å². The molecular weight excluding hydrogens is 312 g/mol. The maximum absolute atomic E-state index is 10.9. The van der Waals surface area contributed by atoms with Crippen molar-refractivity contribution in [1.29, 1.82) is 0 Å². The number of nitro benzene ring substituents is 1. The molecule has 106 valence electrons. The van der Waals surface area contributed by atoms with Crippen LogP contribution in [0.3, 0.4) is 0 Å². The van der Waals surface area contributed by atoms with Crippen molar-refractivity contribution in [2.24, 2.45) is 0 Å². The molecule has 0 fully saturated rings. The van der Waals surface area contributed by atoms with E-state index in [9.17, 15) is 10.1 Å². The standard InChI is InChI=1S/C13H9ClN4O2S/c1-6-11(21-7(2)15-6)13-16-10-5-8(18(19)20)3-4-9(10)12(14)17-13/h3-5H,1-2H3. The molecule has 0 atom stereocenters. The van der Waals surface area contributed by atoms with Gasteiger partial charge in [-0.1, -0.05) is 11.6 Å². The highest BCUT2D eigenvalue weighted by Crippen LogP contribution is 2.31. The number of non-ortho nitro benzene ring substituents is 1. The molecule has 0 saturated heterocycles. The summed E-state index contributed by atoms with van der Waals surface area (Å²) < 4.78 is 0. The van der Waals surface area contributed by atoms with Crippen molar-refractivity contribution in [1.82, 2.24) is 15.0 Å². The molecule has 2 aromatic heterocycles. The second-order valence-electron chi connectivity index (χ2n) is 4.44. The third kappa shape index (κ3) is 2.45. The van der Waals surface area contributed by atoms with Gasteiger partial charge in [0.1, 0.15) is 5.15 Å². The zero-order valence-corrected chi connectivity index (χ0v) is 12.7. The minimum Gasteiger partial charge on any atom is -0.258 e. The predicted octanol–water partition coefficient (Wildman–Crippen LogP) is 3.93. The van der Waals surface area contributed by atoms with Gasteiger partial charge < -0.3 is 0 Å². The van der Waals surface area contributed by atoms with Crippen LogP contribution in [0.4, 0.5) is 5.69 Å². The summed E-state index contributed by atoms with van der Waals surface area (Å²) in [4.78, 5) is 24.2. The largest absolute Gasteiger partial charge is 0.271 e. The monoisotopic (exact) mass is 320 g/mol. The average molecular weight is 321 g/mol. The first-order valence-corrected chi connectivity index (χ1v) is 7.21. The quantitative estimate of drug-likeness (QED) is 0.406. The van der Waals surface area contributed by atoms with Crippen molar-refractivity contribution in [3.05, 3.63) is 44.2 Å². The molecule has 0 radical (unpaired) electrons. The van der Waals surface area contributed by atoms with Gasteiger partial charge in [0.25, 0.3) is 5.69 Å². The van der Waals surface area contributed by atoms with Gasteiger partial charge in [-0.3, -0.25) is 10.1 Å². The van der Waals surface area contributed by atoms with Gasteiger partial charge in [0.2, 0.25) is 0 Å². The van der Waals surface area contributed by atoms with Crippen molar-refractivity contribution in [2.45, 2.75) is 13.8 Å². The van der Waals surface area contributed by atoms with Crippen molar-refractivity contribution < 1.29 is 4.92 Å². The third-order valence-electron chi connectivity index (χ3n) is 2.95. The number of aryl methyl sites for hydroxylation is 2. The van der Waals surface area contributed by atoms with E-state index in [1.807, 2.05) is 13.8 Å². The predicted molar refractivity (Wildman–Crippen MR) is 81.8 cm³/mol. The Hall–Kier alpha value is -2.12. The lowest BCUT2D eigenvalue weighted by atomic mass is 10.2. The van der Waals surface area contributed by atoms with E-state index in [0.29, 0.717) is 16.7 Å². The molecule has 0 amide bonds. The van der Waals surface area contributed by atoms with E-state index in [2.05, 4.69) is 15.0 Å². The maximum atomic E-state index is 10.9. The number of hydrogen-bond donors (Lipinski definition) is 0. The Bertz CT molecular complexity index is 878. The molecule has 0 unspecified atom stereocenters. The molecule has 0 aliphatic carbocycles. The first kappa shape index (κ1) is 13.8. The number of fused-ring (bicyclic) bond motifs is 1. The van der Waals surface area contributed by atoms with Crippen LogP contribution in [0.25, 0.3) is 21.6 Å². The summed E-state index contributed by atoms with van der Waals surface area (Å²) in [7, 11) is 0. The molecule has 0 aliphatic rings. The SMILES string of the molecule is Cc1nc(C)c(-c2nc(Cl)c3ccc([N+](=O)[O-])cc3n2)s1. The summed E-state index contributed by atoms with van der Waals surface area (Å²) in [6.07, 6.45) is 0. The van der Waals surface area contributed by atoms with Crippen LogP contribution in [0.5, 0.6) is 0 Å². The molecule has 0 saturated carbocycles. The topological polar surface area (TPSA) is 81.8 Å². The highest BCUT2D eigenvalue weighted by molar-refractivity contribution is 7.15. The Morgan fingerprint density at radius 1 is 1.24 bits per heavy atom. The molecule has 8 heteroatoms. The first-order chi connectivity index (χ1) is 9.95. The summed E-state index contributed by atoms with van der Waals surface area (Å²) >= 11 is 7.63. The molecule has 1 aromatic carbocycles. The third-order valence-corrected chi connectivity index (χ3v) is 4.31. The van der Waals surface area contributed by atoms with Crippen LogP contribution in [-0.4, -0.2) is 19.9 Å². The smallest absolute Gasteiger partial charge is 0.258 e. The Balaban J connectivity index is 2.25. The van der Waals surface area contributed by atoms with Crippen LogP contribution in [-0.2, 0) is 0 Å². The molecule has 0 bridgehead atoms. The zero-order valence-electron chi connectivity index (χ0n) is 11.1. The van der Waals surface area contributed by atoms with Gasteiger partial charge in [-0.05, 0) is 19.9 Å². The summed E-state index contributed by atoms with van der Waals surface area (Å²) in [6, 6.07) is 4.35. The van der Waals surface area contributed by atoms with E-state index in [4.69, 9.17) is 11.6 Å². The Labute approximate surface area is 128 Å². The maximum Gasteiger partial charge on any atom is 0.271 e. The number of benzene rings is 1. The van der Waals surface area contributed by atoms with E-state index >= 15 is 0 Å². The summed E-state index contributed by atoms with van der Waals surface area (Å²) in [5, 5.41) is 12.6. The van der Waals surface area contributed by atoms with Gasteiger partial charge in [-0.25, -0.2) is 15.0 Å². The van der Waals surface area contributed by atoms with Gasteiger partial charge >= 0.3 is 0 Å². The van der Waals surface area contributed by atoms with Crippen LogP contribution in [0, 0.1) is 24.0 Å². The molecule has 0 spiro atoms. The Morgan fingerprint density at radius 3 is 2.62 bits per heavy atom. The Kier molecular flexibility index (Phi) is 3.30. The fraction of sp³-hybridized carbons (Fsp3) is 0.154. The molecule has 0 N–H and O–H groups in total. The molecule has 2 heterocycles. The zero-order chi connectivity index (χ0) is 15.1. The summed E-state index contributed by atoms with van der Waals surface area (Å²) in [5.41, 5.74) is 1.24. The van der Waals surface area contributed by atoms with Gasteiger partial charge in [0, 0.05) is 17.5 Å². The number of aromatic nitrogens is 3. The second-order valence-corrected chi connectivity index (χ2v) is 6.01. The number of rotatable bonds is 2. The van der Waals surface area contributed by atoms with E-state index in [0.717, 1.165) is 15.6 Å². The minimum absolute atomic E-state index is 0.0274. The van der Waals surface area contributed by atoms with Gasteiger partial charge in [0.15, 0.2) is 5.82 Å². The van der Waals surface area contributed by atoms with Crippen molar-refractivity contribution >= 4 is 39.5 Å². The number of nitrogens with zero attached hydrogens (tertiary/aromatic N) is 4. The van der Waals surface area contributed by atoms with Gasteiger partial charge in [0.05, 0.1) is 26.0 Å². The Morgan fingerprint density at radius 2 is 2.00 bits per heavy atom. The van der Waals surface area contributed by atoms with Gasteiger partial charge in [-0.15, -0.1) is 11.3 Å². The summed E-state index contributed by atoms with van der Waals surface area (Å²) in [5.74, 6) is 0.441. The lowest BCUT2D eigenvalue weighted by Gasteiger charge is -2.03. The summed E-state index contributed by atoms with van der Waals surface area (Å²) in [6.45, 7) is 3.77. The molecule has 21 heavy (non-hydrogen) atoms. The molecule has 6 nitrogen and oxygen atoms in total. The highest BCUT2D eigenvalue weighted by atomic mass is 35.5. The lowest BCUT2D eigenvalue weighted by Crippen LogP contribution is -1.94.